The molecule has 0 spiro atoms. The van der Waals surface area contributed by atoms with Crippen molar-refractivity contribution in [2.75, 3.05) is 20.1 Å². The Balaban J connectivity index is 2.05. The fraction of sp³-hybridized carbons (Fsp3) is 0.562. The predicted octanol–water partition coefficient (Wildman–Crippen LogP) is 2.42. The molecular formula is C16H24N2O. The van der Waals surface area contributed by atoms with Crippen molar-refractivity contribution in [3.8, 4) is 0 Å². The van der Waals surface area contributed by atoms with Gasteiger partial charge in [-0.1, -0.05) is 43.7 Å². The van der Waals surface area contributed by atoms with Crippen LogP contribution in [-0.2, 0) is 11.3 Å². The number of carbonyl (C=O) groups is 1. The van der Waals surface area contributed by atoms with Gasteiger partial charge in [0.25, 0.3) is 0 Å². The Morgan fingerprint density at radius 2 is 2.11 bits per heavy atom. The minimum atomic E-state index is -0.168. The molecule has 0 radical (unpaired) electrons. The van der Waals surface area contributed by atoms with Gasteiger partial charge in [0.15, 0.2) is 0 Å². The monoisotopic (exact) mass is 260 g/mol. The predicted molar refractivity (Wildman–Crippen MR) is 77.7 cm³/mol. The van der Waals surface area contributed by atoms with Crippen LogP contribution in [-0.4, -0.2) is 30.9 Å². The van der Waals surface area contributed by atoms with E-state index in [4.69, 9.17) is 0 Å². The van der Waals surface area contributed by atoms with Crippen molar-refractivity contribution >= 4 is 5.91 Å². The van der Waals surface area contributed by atoms with Gasteiger partial charge in [-0.15, -0.1) is 0 Å². The summed E-state index contributed by atoms with van der Waals surface area (Å²) in [5.41, 5.74) is 1.02. The molecule has 104 valence electrons. The summed E-state index contributed by atoms with van der Waals surface area (Å²) in [7, 11) is 1.92. The van der Waals surface area contributed by atoms with Crippen LogP contribution in [0.25, 0.3) is 0 Å². The topological polar surface area (TPSA) is 32.3 Å². The number of amides is 1. The number of nitrogens with one attached hydrogen (secondary N) is 1. The molecule has 1 amide bonds. The molecule has 0 bridgehead atoms. The van der Waals surface area contributed by atoms with Crippen LogP contribution < -0.4 is 5.32 Å². The van der Waals surface area contributed by atoms with E-state index < -0.39 is 0 Å². The minimum absolute atomic E-state index is 0.168. The SMILES string of the molecule is CCCC1(C(=O)N(C)Cc2ccccc2)CCNC1. The molecule has 1 aliphatic rings. The van der Waals surface area contributed by atoms with Gasteiger partial charge in [0.2, 0.25) is 5.91 Å². The van der Waals surface area contributed by atoms with Crippen molar-refractivity contribution in [2.24, 2.45) is 5.41 Å². The molecular weight excluding hydrogens is 236 g/mol. The summed E-state index contributed by atoms with van der Waals surface area (Å²) >= 11 is 0. The quantitative estimate of drug-likeness (QED) is 0.882. The van der Waals surface area contributed by atoms with Crippen LogP contribution in [0.5, 0.6) is 0 Å². The van der Waals surface area contributed by atoms with E-state index in [1.165, 1.54) is 5.56 Å². The molecule has 1 aliphatic heterocycles. The summed E-state index contributed by atoms with van der Waals surface area (Å²) in [6.45, 7) is 4.65. The standard InChI is InChI=1S/C16H24N2O/c1-3-9-16(10-11-17-13-16)15(19)18(2)12-14-7-5-4-6-8-14/h4-8,17H,3,9-13H2,1-2H3. The van der Waals surface area contributed by atoms with E-state index in [1.54, 1.807) is 0 Å². The Labute approximate surface area is 116 Å². The number of hydrogen-bond donors (Lipinski definition) is 1. The Bertz CT molecular complexity index is 410. The van der Waals surface area contributed by atoms with Gasteiger partial charge in [0, 0.05) is 20.1 Å². The second-order valence-electron chi connectivity index (χ2n) is 5.60. The highest BCUT2D eigenvalue weighted by Crippen LogP contribution is 2.33. The summed E-state index contributed by atoms with van der Waals surface area (Å²) in [5, 5.41) is 3.35. The second kappa shape index (κ2) is 6.20. The molecule has 1 aromatic carbocycles. The summed E-state index contributed by atoms with van der Waals surface area (Å²) < 4.78 is 0. The number of hydrogen-bond acceptors (Lipinski definition) is 2. The smallest absolute Gasteiger partial charge is 0.230 e. The van der Waals surface area contributed by atoms with E-state index in [1.807, 2.05) is 30.1 Å². The summed E-state index contributed by atoms with van der Waals surface area (Å²) in [6, 6.07) is 10.2. The van der Waals surface area contributed by atoms with Crippen LogP contribution in [0, 0.1) is 5.41 Å². The summed E-state index contributed by atoms with van der Waals surface area (Å²) in [5.74, 6) is 0.295. The van der Waals surface area contributed by atoms with E-state index in [2.05, 4.69) is 24.4 Å². The number of benzene rings is 1. The molecule has 1 saturated heterocycles. The molecule has 1 unspecified atom stereocenters. The number of nitrogens with zero attached hydrogens (tertiary/aromatic N) is 1. The zero-order valence-corrected chi connectivity index (χ0v) is 12.0. The Morgan fingerprint density at radius 1 is 1.37 bits per heavy atom. The van der Waals surface area contributed by atoms with Crippen LogP contribution in [0.1, 0.15) is 31.7 Å². The van der Waals surface area contributed by atoms with E-state index in [-0.39, 0.29) is 5.41 Å². The van der Waals surface area contributed by atoms with E-state index in [9.17, 15) is 4.79 Å². The van der Waals surface area contributed by atoms with Crippen molar-refractivity contribution in [2.45, 2.75) is 32.7 Å². The number of carbonyl (C=O) groups excluding carboxylic acids is 1. The Morgan fingerprint density at radius 3 is 2.68 bits per heavy atom. The maximum absolute atomic E-state index is 12.7. The largest absolute Gasteiger partial charge is 0.341 e. The molecule has 0 saturated carbocycles. The molecule has 0 aliphatic carbocycles. The highest BCUT2D eigenvalue weighted by Gasteiger charge is 2.41. The fourth-order valence-corrected chi connectivity index (χ4v) is 3.06. The molecule has 3 nitrogen and oxygen atoms in total. The molecule has 1 N–H and O–H groups in total. The lowest BCUT2D eigenvalue weighted by molar-refractivity contribution is -0.140. The molecule has 1 atom stereocenters. The molecule has 1 fully saturated rings. The van der Waals surface area contributed by atoms with Gasteiger partial charge in [-0.25, -0.2) is 0 Å². The summed E-state index contributed by atoms with van der Waals surface area (Å²) in [6.07, 6.45) is 3.02. The Hall–Kier alpha value is -1.35. The first-order chi connectivity index (χ1) is 9.18. The summed E-state index contributed by atoms with van der Waals surface area (Å²) in [4.78, 5) is 14.6. The lowest BCUT2D eigenvalue weighted by Gasteiger charge is -2.31. The second-order valence-corrected chi connectivity index (χ2v) is 5.60. The van der Waals surface area contributed by atoms with E-state index >= 15 is 0 Å². The maximum atomic E-state index is 12.7. The van der Waals surface area contributed by atoms with Gasteiger partial charge in [0.05, 0.1) is 5.41 Å². The molecule has 0 aromatic heterocycles. The lowest BCUT2D eigenvalue weighted by atomic mass is 9.81. The van der Waals surface area contributed by atoms with Crippen molar-refractivity contribution < 1.29 is 4.79 Å². The first kappa shape index (κ1) is 14.1. The zero-order valence-electron chi connectivity index (χ0n) is 12.0. The number of rotatable bonds is 5. The van der Waals surface area contributed by atoms with Crippen molar-refractivity contribution in [3.63, 3.8) is 0 Å². The molecule has 1 heterocycles. The Kier molecular flexibility index (Phi) is 4.59. The average Bonchev–Trinajstić information content (AvgIpc) is 2.89. The lowest BCUT2D eigenvalue weighted by Crippen LogP contribution is -2.43. The van der Waals surface area contributed by atoms with Gasteiger partial charge in [-0.2, -0.15) is 0 Å². The minimum Gasteiger partial charge on any atom is -0.341 e. The average molecular weight is 260 g/mol. The fourth-order valence-electron chi connectivity index (χ4n) is 3.06. The van der Waals surface area contributed by atoms with Crippen molar-refractivity contribution in [1.82, 2.24) is 10.2 Å². The molecule has 19 heavy (non-hydrogen) atoms. The van der Waals surface area contributed by atoms with Crippen LogP contribution in [0.2, 0.25) is 0 Å². The highest BCUT2D eigenvalue weighted by molar-refractivity contribution is 5.83. The first-order valence-electron chi connectivity index (χ1n) is 7.18. The van der Waals surface area contributed by atoms with Gasteiger partial charge in [-0.3, -0.25) is 4.79 Å². The maximum Gasteiger partial charge on any atom is 0.230 e. The van der Waals surface area contributed by atoms with Crippen molar-refractivity contribution in [1.29, 1.82) is 0 Å². The zero-order chi connectivity index (χ0) is 13.7. The molecule has 3 heteroatoms. The van der Waals surface area contributed by atoms with Crippen LogP contribution in [0.15, 0.2) is 30.3 Å². The third kappa shape index (κ3) is 3.16. The molecule has 1 aromatic rings. The van der Waals surface area contributed by atoms with Crippen LogP contribution >= 0.6 is 0 Å². The normalized spacial score (nSPS) is 22.4. The van der Waals surface area contributed by atoms with Gasteiger partial charge in [0.1, 0.15) is 0 Å². The van der Waals surface area contributed by atoms with Gasteiger partial charge >= 0.3 is 0 Å². The third-order valence-corrected chi connectivity index (χ3v) is 4.04. The van der Waals surface area contributed by atoms with Crippen LogP contribution in [0.4, 0.5) is 0 Å². The van der Waals surface area contributed by atoms with Gasteiger partial charge < -0.3 is 10.2 Å². The highest BCUT2D eigenvalue weighted by atomic mass is 16.2. The van der Waals surface area contributed by atoms with E-state index in [0.717, 1.165) is 32.4 Å². The van der Waals surface area contributed by atoms with E-state index in [0.29, 0.717) is 12.5 Å². The third-order valence-electron chi connectivity index (χ3n) is 4.04. The van der Waals surface area contributed by atoms with Gasteiger partial charge in [-0.05, 0) is 24.9 Å². The first-order valence-corrected chi connectivity index (χ1v) is 7.18. The van der Waals surface area contributed by atoms with Crippen molar-refractivity contribution in [3.05, 3.63) is 35.9 Å². The molecule has 2 rings (SSSR count). The van der Waals surface area contributed by atoms with Crippen LogP contribution in [0.3, 0.4) is 0 Å².